The molecular weight excluding hydrogens is 248 g/mol. The summed E-state index contributed by atoms with van der Waals surface area (Å²) in [5.41, 5.74) is 7.36. The summed E-state index contributed by atoms with van der Waals surface area (Å²) in [6.07, 6.45) is 1.45. The Bertz CT molecular complexity index is 513. The van der Waals surface area contributed by atoms with Gasteiger partial charge in [-0.25, -0.2) is 8.42 Å². The Morgan fingerprint density at radius 2 is 2.11 bits per heavy atom. The first-order chi connectivity index (χ1) is 8.54. The van der Waals surface area contributed by atoms with Crippen LogP contribution in [0.1, 0.15) is 18.9 Å². The Morgan fingerprint density at radius 1 is 1.39 bits per heavy atom. The predicted molar refractivity (Wildman–Crippen MR) is 74.1 cm³/mol. The lowest BCUT2D eigenvalue weighted by molar-refractivity contribution is 0.543. The first kappa shape index (κ1) is 13.4. The van der Waals surface area contributed by atoms with E-state index in [1.807, 2.05) is 24.3 Å². The van der Waals surface area contributed by atoms with E-state index in [9.17, 15) is 8.42 Å². The molecule has 0 aromatic heterocycles. The summed E-state index contributed by atoms with van der Waals surface area (Å²) < 4.78 is 26.2. The highest BCUT2D eigenvalue weighted by Crippen LogP contribution is 2.31. The SMILES string of the molecule is CC1Cc2ccccc2N(S(=O)(=O)CCCN)C1. The molecule has 0 spiro atoms. The van der Waals surface area contributed by atoms with Crippen molar-refractivity contribution in [1.29, 1.82) is 0 Å². The fourth-order valence-electron chi connectivity index (χ4n) is 2.39. The number of para-hydroxylation sites is 1. The van der Waals surface area contributed by atoms with Gasteiger partial charge in [-0.2, -0.15) is 0 Å². The summed E-state index contributed by atoms with van der Waals surface area (Å²) in [7, 11) is -3.24. The van der Waals surface area contributed by atoms with Crippen LogP contribution in [0.15, 0.2) is 24.3 Å². The molecule has 1 aliphatic rings. The quantitative estimate of drug-likeness (QED) is 0.897. The number of nitrogens with two attached hydrogens (primary N) is 1. The van der Waals surface area contributed by atoms with Crippen LogP contribution in [0.25, 0.3) is 0 Å². The molecule has 0 aliphatic carbocycles. The van der Waals surface area contributed by atoms with Crippen LogP contribution in [0.2, 0.25) is 0 Å². The third kappa shape index (κ3) is 2.67. The van der Waals surface area contributed by atoms with Crippen molar-refractivity contribution >= 4 is 15.7 Å². The lowest BCUT2D eigenvalue weighted by Crippen LogP contribution is -2.40. The highest BCUT2D eigenvalue weighted by molar-refractivity contribution is 7.92. The van der Waals surface area contributed by atoms with Crippen LogP contribution >= 0.6 is 0 Å². The second kappa shape index (κ2) is 5.28. The van der Waals surface area contributed by atoms with Gasteiger partial charge in [0.15, 0.2) is 0 Å². The minimum atomic E-state index is -3.24. The van der Waals surface area contributed by atoms with E-state index in [-0.39, 0.29) is 5.75 Å². The van der Waals surface area contributed by atoms with Gasteiger partial charge in [0.2, 0.25) is 10.0 Å². The number of nitrogens with zero attached hydrogens (tertiary/aromatic N) is 1. The summed E-state index contributed by atoms with van der Waals surface area (Å²) in [6.45, 7) is 3.07. The molecule has 1 aromatic rings. The number of sulfonamides is 1. The molecule has 2 N–H and O–H groups in total. The maximum atomic E-state index is 12.3. The fourth-order valence-corrected chi connectivity index (χ4v) is 4.10. The van der Waals surface area contributed by atoms with Crippen molar-refractivity contribution in [2.24, 2.45) is 11.7 Å². The van der Waals surface area contributed by atoms with Gasteiger partial charge in [-0.1, -0.05) is 25.1 Å². The molecule has 0 saturated carbocycles. The number of anilines is 1. The summed E-state index contributed by atoms with van der Waals surface area (Å²) in [5, 5.41) is 0. The first-order valence-electron chi connectivity index (χ1n) is 6.33. The summed E-state index contributed by atoms with van der Waals surface area (Å²) in [5.74, 6) is 0.484. The highest BCUT2D eigenvalue weighted by atomic mass is 32.2. The predicted octanol–water partition coefficient (Wildman–Crippen LogP) is 1.36. The fraction of sp³-hybridized carbons (Fsp3) is 0.538. The molecule has 1 unspecified atom stereocenters. The molecule has 0 radical (unpaired) electrons. The Balaban J connectivity index is 2.34. The van der Waals surface area contributed by atoms with Crippen LogP contribution in [0.3, 0.4) is 0 Å². The number of hydrogen-bond donors (Lipinski definition) is 1. The third-order valence-corrected chi connectivity index (χ3v) is 5.07. The molecule has 1 heterocycles. The van der Waals surface area contributed by atoms with Crippen molar-refractivity contribution in [2.45, 2.75) is 19.8 Å². The minimum Gasteiger partial charge on any atom is -0.330 e. The maximum Gasteiger partial charge on any atom is 0.235 e. The third-order valence-electron chi connectivity index (χ3n) is 3.25. The van der Waals surface area contributed by atoms with Gasteiger partial charge in [-0.3, -0.25) is 4.31 Å². The topological polar surface area (TPSA) is 63.4 Å². The van der Waals surface area contributed by atoms with Crippen LogP contribution in [0.4, 0.5) is 5.69 Å². The van der Waals surface area contributed by atoms with E-state index in [0.29, 0.717) is 25.4 Å². The van der Waals surface area contributed by atoms with E-state index in [1.165, 1.54) is 0 Å². The second-order valence-electron chi connectivity index (χ2n) is 4.93. The van der Waals surface area contributed by atoms with E-state index >= 15 is 0 Å². The molecule has 0 fully saturated rings. The Kier molecular flexibility index (Phi) is 3.92. The van der Waals surface area contributed by atoms with Gasteiger partial charge in [-0.15, -0.1) is 0 Å². The van der Waals surface area contributed by atoms with Crippen molar-refractivity contribution in [3.05, 3.63) is 29.8 Å². The van der Waals surface area contributed by atoms with Crippen LogP contribution in [0.5, 0.6) is 0 Å². The van der Waals surface area contributed by atoms with E-state index in [2.05, 4.69) is 6.92 Å². The van der Waals surface area contributed by atoms with Gasteiger partial charge >= 0.3 is 0 Å². The van der Waals surface area contributed by atoms with Crippen molar-refractivity contribution < 1.29 is 8.42 Å². The van der Waals surface area contributed by atoms with Crippen molar-refractivity contribution in [1.82, 2.24) is 0 Å². The Labute approximate surface area is 109 Å². The molecule has 100 valence electrons. The average molecular weight is 268 g/mol. The van der Waals surface area contributed by atoms with Gasteiger partial charge in [0, 0.05) is 6.54 Å². The van der Waals surface area contributed by atoms with Crippen LogP contribution in [-0.2, 0) is 16.4 Å². The molecule has 0 bridgehead atoms. The zero-order valence-corrected chi connectivity index (χ0v) is 11.5. The van der Waals surface area contributed by atoms with E-state index in [4.69, 9.17) is 5.73 Å². The number of hydrogen-bond acceptors (Lipinski definition) is 3. The summed E-state index contributed by atoms with van der Waals surface area (Å²) in [4.78, 5) is 0. The zero-order chi connectivity index (χ0) is 13.2. The van der Waals surface area contributed by atoms with Crippen molar-refractivity contribution in [3.63, 3.8) is 0 Å². The first-order valence-corrected chi connectivity index (χ1v) is 7.94. The molecule has 4 nitrogen and oxygen atoms in total. The summed E-state index contributed by atoms with van der Waals surface area (Å²) in [6, 6.07) is 7.75. The lowest BCUT2D eigenvalue weighted by atomic mass is 9.96. The minimum absolute atomic E-state index is 0.130. The van der Waals surface area contributed by atoms with Crippen LogP contribution < -0.4 is 10.0 Å². The molecule has 2 rings (SSSR count). The van der Waals surface area contributed by atoms with Crippen molar-refractivity contribution in [3.8, 4) is 0 Å². The largest absolute Gasteiger partial charge is 0.330 e. The van der Waals surface area contributed by atoms with E-state index < -0.39 is 10.0 Å². The molecule has 1 atom stereocenters. The molecule has 0 saturated heterocycles. The smallest absolute Gasteiger partial charge is 0.235 e. The monoisotopic (exact) mass is 268 g/mol. The Morgan fingerprint density at radius 3 is 2.83 bits per heavy atom. The average Bonchev–Trinajstić information content (AvgIpc) is 2.35. The zero-order valence-electron chi connectivity index (χ0n) is 10.7. The normalized spacial score (nSPS) is 19.7. The second-order valence-corrected chi connectivity index (χ2v) is 6.94. The molecular formula is C13H20N2O2S. The number of fused-ring (bicyclic) bond motifs is 1. The standard InChI is InChI=1S/C13H20N2O2S/c1-11-9-12-5-2-3-6-13(12)15(10-11)18(16,17)8-4-7-14/h2-3,5-6,11H,4,7-10,14H2,1H3. The molecule has 18 heavy (non-hydrogen) atoms. The summed E-state index contributed by atoms with van der Waals surface area (Å²) >= 11 is 0. The van der Waals surface area contributed by atoms with Gasteiger partial charge < -0.3 is 5.73 Å². The Hall–Kier alpha value is -1.07. The molecule has 5 heteroatoms. The van der Waals surface area contributed by atoms with Crippen molar-refractivity contribution in [2.75, 3.05) is 23.1 Å². The molecule has 0 amide bonds. The lowest BCUT2D eigenvalue weighted by Gasteiger charge is -2.33. The number of benzene rings is 1. The van der Waals surface area contributed by atoms with Crippen LogP contribution in [0, 0.1) is 5.92 Å². The van der Waals surface area contributed by atoms with Crippen LogP contribution in [-0.4, -0.2) is 27.3 Å². The van der Waals surface area contributed by atoms with E-state index in [0.717, 1.165) is 17.7 Å². The van der Waals surface area contributed by atoms with Gasteiger partial charge in [0.05, 0.1) is 11.4 Å². The maximum absolute atomic E-state index is 12.3. The highest BCUT2D eigenvalue weighted by Gasteiger charge is 2.29. The van der Waals surface area contributed by atoms with Gasteiger partial charge in [0.25, 0.3) is 0 Å². The van der Waals surface area contributed by atoms with Gasteiger partial charge in [0.1, 0.15) is 0 Å². The molecule has 1 aromatic carbocycles. The van der Waals surface area contributed by atoms with Gasteiger partial charge in [-0.05, 0) is 36.9 Å². The van der Waals surface area contributed by atoms with E-state index in [1.54, 1.807) is 4.31 Å². The molecule has 1 aliphatic heterocycles. The number of rotatable bonds is 4.